The third kappa shape index (κ3) is 26.3. The number of carbonyl (C=O) groups is 4. The van der Waals surface area contributed by atoms with Crippen molar-refractivity contribution in [1.82, 2.24) is 49.9 Å². The van der Waals surface area contributed by atoms with Gasteiger partial charge in [-0.2, -0.15) is 0 Å². The van der Waals surface area contributed by atoms with E-state index in [-0.39, 0.29) is 73.1 Å². The van der Waals surface area contributed by atoms with Crippen LogP contribution in [0.25, 0.3) is 65.1 Å². The van der Waals surface area contributed by atoms with Crippen molar-refractivity contribution in [1.29, 1.82) is 0 Å². The molecule has 5 aliphatic rings. The van der Waals surface area contributed by atoms with E-state index in [1.807, 2.05) is 79.8 Å². The zero-order valence-corrected chi connectivity index (χ0v) is 78.6. The second-order valence-corrected chi connectivity index (χ2v) is 37.6. The molecule has 11 heterocycles. The lowest BCUT2D eigenvalue weighted by molar-refractivity contribution is 0.00578. The third-order valence-corrected chi connectivity index (χ3v) is 27.3. The van der Waals surface area contributed by atoms with E-state index in [9.17, 15) is 19.2 Å². The number of hydrogen-bond acceptors (Lipinski definition) is 19. The second-order valence-electron chi connectivity index (χ2n) is 30.5. The molecule has 0 saturated carbocycles. The number of nitrogens with zero attached hydrogens (tertiary/aromatic N) is 6. The van der Waals surface area contributed by atoms with Gasteiger partial charge in [-0.15, -0.1) is 34.0 Å². The quantitative estimate of drug-likeness (QED) is 0.0536. The SMILES string of the molecule is Brc1csc(-c2cccc3[nH]ccc23)n1.Brc1csc(Br)n1.C1CCNCC1.CC1(C)OB(c2cccc3[nH]ccc23)OC1(C)C.O=C(O)c1ccc(B(O)O)c(Cl)c1.O=C(c1ccc(-c2csc(-c3cccc4[nH]ccc34)n2)c(Cl)c1)N1CCCCC1.O=C(c1ccc(B(O)O)c(Cl)c1)N1CCCCC1.O=C(c1ccc(B(O)O)c(Cl)c1)N1CCCCC1. The average Bonchev–Trinajstić information content (AvgIpc) is 1.61. The van der Waals surface area contributed by atoms with Crippen molar-refractivity contribution in [2.45, 2.75) is 116 Å². The summed E-state index contributed by atoms with van der Waals surface area (Å²) in [5.41, 5.74) is 9.99. The average molecular weight is 2010 g/mol. The second kappa shape index (κ2) is 46.4. The lowest BCUT2D eigenvalue weighted by Gasteiger charge is -2.32. The van der Waals surface area contributed by atoms with Gasteiger partial charge in [0, 0.05) is 166 Å². The summed E-state index contributed by atoms with van der Waals surface area (Å²) >= 11 is 38.6. The van der Waals surface area contributed by atoms with E-state index in [0.717, 1.165) is 151 Å². The molecule has 23 nitrogen and oxygen atoms in total. The van der Waals surface area contributed by atoms with Gasteiger partial charge in [-0.1, -0.05) is 113 Å². The first-order valence-corrected chi connectivity index (χ1v) is 46.9. The predicted molar refractivity (Wildman–Crippen MR) is 515 cm³/mol. The normalized spacial score (nSPS) is 15.1. The maximum atomic E-state index is 12.7. The van der Waals surface area contributed by atoms with E-state index >= 15 is 0 Å². The van der Waals surface area contributed by atoms with Crippen molar-refractivity contribution in [3.63, 3.8) is 0 Å². The Morgan fingerprint density at radius 3 is 1.16 bits per heavy atom. The molecule has 0 aliphatic carbocycles. The molecule has 18 rings (SSSR count). The standard InChI is InChI=1S/C23H20ClN3OS.C14H18BNO2.2C12H15BClNO3.C11H7BrN2S.C7H6BClO4.C5H11N.C3HBr2NS/c24-19-13-15(23(28)27-11-2-1-3-12-27)7-8-18(19)21-14-29-22(26-21)17-5-4-6-20-16(17)9-10-25-20;1-13(2)14(3,4)18-15(17-13)11-6-5-7-12-10(11)8-9-16-12;2*14-11-8-9(4-5-10(11)13(17)18)12(16)15-6-2-1-3-7-15;12-10-6-15-11(14-10)8-2-1-3-9-7(8)4-5-13-9;9-6-3-4(7(10)11)1-2-5(6)8(12)13;1-2-4-6-5-3-1;4-2-1-7-3(5)6-2/h4-10,13-14,25H,1-3,11-12H2;5-9,16H,1-4H3;2*4-5,8,17-18H,1-3,6-7H2;1-6,13H;1-3,12-13H,(H,10,11);6H,1-5H2;1H. The number of aromatic amines is 3. The van der Waals surface area contributed by atoms with Crippen LogP contribution in [-0.2, 0) is 9.31 Å². The molecule has 6 aromatic heterocycles. The zero-order valence-electron chi connectivity index (χ0n) is 68.4. The molecule has 11 N–H and O–H groups in total. The highest BCUT2D eigenvalue weighted by atomic mass is 79.9. The van der Waals surface area contributed by atoms with Gasteiger partial charge in [0.15, 0.2) is 3.92 Å². The molecule has 0 spiro atoms. The van der Waals surface area contributed by atoms with E-state index in [4.69, 9.17) is 95.9 Å². The topological polar surface area (TPSA) is 336 Å². The molecule has 0 atom stereocenters. The van der Waals surface area contributed by atoms with Gasteiger partial charge in [0.1, 0.15) is 19.2 Å². The number of fused-ring (bicyclic) bond motifs is 3. The highest BCUT2D eigenvalue weighted by Gasteiger charge is 2.52. The predicted octanol–water partition coefficient (Wildman–Crippen LogP) is 17.2. The van der Waals surface area contributed by atoms with Crippen LogP contribution in [0.1, 0.15) is 146 Å². The van der Waals surface area contributed by atoms with Crippen LogP contribution in [0, 0.1) is 0 Å². The number of piperidine rings is 4. The number of halogens is 7. The number of carboxylic acids is 1. The van der Waals surface area contributed by atoms with Gasteiger partial charge in [-0.3, -0.25) is 14.4 Å². The van der Waals surface area contributed by atoms with Crippen LogP contribution >= 0.6 is 128 Å². The number of nitrogens with one attached hydrogen (secondary N) is 4. The summed E-state index contributed by atoms with van der Waals surface area (Å²) in [4.78, 5) is 76.0. The number of carboxylic acid groups (broad SMARTS) is 1. The number of H-pyrrole nitrogens is 3. The Bertz CT molecular complexity index is 5610. The van der Waals surface area contributed by atoms with Crippen LogP contribution in [0.3, 0.4) is 0 Å². The molecule has 0 unspecified atom stereocenters. The van der Waals surface area contributed by atoms with Crippen molar-refractivity contribution in [3.8, 4) is 32.4 Å². The van der Waals surface area contributed by atoms with Crippen LogP contribution in [0.4, 0.5) is 0 Å². The lowest BCUT2D eigenvalue weighted by Crippen LogP contribution is -2.41. The van der Waals surface area contributed by atoms with E-state index in [1.54, 1.807) is 52.2 Å². The fraction of sp³-hybridized carbons (Fsp3) is 0.299. The van der Waals surface area contributed by atoms with Gasteiger partial charge in [-0.25, -0.2) is 19.7 Å². The summed E-state index contributed by atoms with van der Waals surface area (Å²) in [6, 6.07) is 43.1. The Hall–Kier alpha value is -7.57. The number of likely N-dealkylation sites (tertiary alicyclic amines) is 3. The lowest BCUT2D eigenvalue weighted by atomic mass is 9.77. The number of aromatic nitrogens is 6. The van der Waals surface area contributed by atoms with Crippen LogP contribution in [0.2, 0.25) is 20.1 Å². The van der Waals surface area contributed by atoms with Gasteiger partial charge in [0.2, 0.25) is 0 Å². The maximum absolute atomic E-state index is 12.7. The molecule has 37 heteroatoms. The van der Waals surface area contributed by atoms with Gasteiger partial charge >= 0.3 is 34.4 Å². The van der Waals surface area contributed by atoms with E-state index in [0.29, 0.717) is 21.7 Å². The summed E-state index contributed by atoms with van der Waals surface area (Å²) in [5.74, 6) is -1.14. The van der Waals surface area contributed by atoms with Crippen molar-refractivity contribution in [3.05, 3.63) is 236 Å². The summed E-state index contributed by atoms with van der Waals surface area (Å²) in [7, 11) is -5.21. The number of thiazole rings is 3. The smallest absolute Gasteiger partial charge is 0.478 e. The summed E-state index contributed by atoms with van der Waals surface area (Å²) in [5, 5.41) is 78.1. The molecule has 13 aromatic rings. The maximum Gasteiger partial charge on any atom is 0.495 e. The molecule has 5 saturated heterocycles. The highest BCUT2D eigenvalue weighted by molar-refractivity contribution is 9.11. The third-order valence-electron chi connectivity index (χ3n) is 21.4. The Kier molecular flexibility index (Phi) is 36.3. The van der Waals surface area contributed by atoms with Gasteiger partial charge in [0.25, 0.3) is 17.7 Å². The fourth-order valence-electron chi connectivity index (χ4n) is 14.1. The first-order chi connectivity index (χ1) is 59.4. The van der Waals surface area contributed by atoms with E-state index in [1.165, 1.54) is 105 Å². The van der Waals surface area contributed by atoms with Gasteiger partial charge < -0.3 is 79.5 Å². The van der Waals surface area contributed by atoms with Crippen molar-refractivity contribution in [2.75, 3.05) is 52.4 Å². The molecule has 5 aliphatic heterocycles. The Morgan fingerprint density at radius 2 is 0.798 bits per heavy atom. The minimum atomic E-state index is -1.68. The number of aromatic carboxylic acids is 1. The molecule has 0 radical (unpaired) electrons. The Morgan fingerprint density at radius 1 is 0.427 bits per heavy atom. The van der Waals surface area contributed by atoms with Crippen molar-refractivity contribution < 1.29 is 63.7 Å². The van der Waals surface area contributed by atoms with Crippen LogP contribution in [0.5, 0.6) is 0 Å². The van der Waals surface area contributed by atoms with Crippen LogP contribution in [0.15, 0.2) is 193 Å². The van der Waals surface area contributed by atoms with Crippen LogP contribution in [-0.4, -0.2) is 196 Å². The molecule has 124 heavy (non-hydrogen) atoms. The number of amides is 3. The first-order valence-electron chi connectivity index (χ1n) is 40.4. The Balaban J connectivity index is 0.000000143. The molecule has 0 bridgehead atoms. The monoisotopic (exact) mass is 2000 g/mol. The summed E-state index contributed by atoms with van der Waals surface area (Å²) < 4.78 is 14.9. The molecule has 648 valence electrons. The molecule has 5 fully saturated rings. The van der Waals surface area contributed by atoms with Gasteiger partial charge in [-0.05, 0) is 255 Å². The number of rotatable bonds is 11. The molecule has 7 aromatic carbocycles. The zero-order chi connectivity index (χ0) is 88.8. The molecule has 3 amide bonds. The highest BCUT2D eigenvalue weighted by Crippen LogP contribution is 2.39. The summed E-state index contributed by atoms with van der Waals surface area (Å²) in [6.07, 6.45) is 19.9. The summed E-state index contributed by atoms with van der Waals surface area (Å²) in [6.45, 7) is 15.6. The fourth-order valence-corrected chi connectivity index (χ4v) is 19.0. The van der Waals surface area contributed by atoms with E-state index in [2.05, 4.69) is 160 Å². The van der Waals surface area contributed by atoms with Crippen LogP contribution < -0.4 is 27.2 Å². The molecular formula is C87H93B4Br3Cl4N10O13S3. The van der Waals surface area contributed by atoms with Crippen molar-refractivity contribution in [2.24, 2.45) is 0 Å². The van der Waals surface area contributed by atoms with Gasteiger partial charge in [0.05, 0.1) is 27.5 Å². The number of hydrogen-bond donors (Lipinski definition) is 11. The van der Waals surface area contributed by atoms with Crippen molar-refractivity contribution >= 4 is 235 Å². The van der Waals surface area contributed by atoms with E-state index < -0.39 is 27.3 Å². The molecular weight excluding hydrogens is 1910 g/mol. The largest absolute Gasteiger partial charge is 0.495 e. The number of carbonyl (C=O) groups excluding carboxylic acids is 3. The Labute approximate surface area is 778 Å². The first kappa shape index (κ1) is 97.1. The number of benzene rings is 7. The minimum absolute atomic E-state index is 0.00870. The minimum Gasteiger partial charge on any atom is -0.478 e.